The molecule has 7 nitrogen and oxygen atoms in total. The number of Topliss-reactive ketones (excluding diaryl/α,β-unsaturated/α-hetero) is 1. The van der Waals surface area contributed by atoms with E-state index in [1.54, 1.807) is 24.3 Å². The van der Waals surface area contributed by atoms with E-state index in [2.05, 4.69) is 0 Å². The smallest absolute Gasteiger partial charge is 0.329 e. The Labute approximate surface area is 157 Å². The number of amides is 2. The van der Waals surface area contributed by atoms with Crippen molar-refractivity contribution in [3.8, 4) is 5.75 Å². The molecule has 2 fully saturated rings. The highest BCUT2D eigenvalue weighted by molar-refractivity contribution is 6.08. The van der Waals surface area contributed by atoms with Crippen LogP contribution in [-0.2, 0) is 19.1 Å². The van der Waals surface area contributed by atoms with Gasteiger partial charge in [-0.05, 0) is 44.0 Å². The highest BCUT2D eigenvalue weighted by Gasteiger charge is 2.51. The van der Waals surface area contributed by atoms with Crippen molar-refractivity contribution in [1.29, 1.82) is 0 Å². The van der Waals surface area contributed by atoms with Gasteiger partial charge in [0, 0.05) is 5.56 Å². The minimum absolute atomic E-state index is 0.296. The average Bonchev–Trinajstić information content (AvgIpc) is 2.96. The molecule has 0 spiro atoms. The van der Waals surface area contributed by atoms with Crippen LogP contribution in [0.5, 0.6) is 5.75 Å². The van der Waals surface area contributed by atoms with Crippen LogP contribution in [0.25, 0.3) is 0 Å². The number of ketones is 1. The van der Waals surface area contributed by atoms with E-state index in [4.69, 9.17) is 9.47 Å². The zero-order valence-corrected chi connectivity index (χ0v) is 15.5. The van der Waals surface area contributed by atoms with Crippen molar-refractivity contribution in [2.24, 2.45) is 11.8 Å². The van der Waals surface area contributed by atoms with Gasteiger partial charge in [0.2, 0.25) is 11.8 Å². The van der Waals surface area contributed by atoms with Gasteiger partial charge >= 0.3 is 5.97 Å². The van der Waals surface area contributed by atoms with Gasteiger partial charge in [0.25, 0.3) is 0 Å². The highest BCUT2D eigenvalue weighted by Crippen LogP contribution is 2.38. The van der Waals surface area contributed by atoms with Gasteiger partial charge in [-0.2, -0.15) is 0 Å². The third-order valence-corrected chi connectivity index (χ3v) is 5.36. The molecule has 0 unspecified atom stereocenters. The maximum absolute atomic E-state index is 12.5. The summed E-state index contributed by atoms with van der Waals surface area (Å²) >= 11 is 0. The Morgan fingerprint density at radius 2 is 1.63 bits per heavy atom. The summed E-state index contributed by atoms with van der Waals surface area (Å²) in [4.78, 5) is 50.6. The molecule has 1 heterocycles. The van der Waals surface area contributed by atoms with E-state index in [0.717, 1.165) is 17.7 Å². The zero-order chi connectivity index (χ0) is 19.6. The predicted octanol–water partition coefficient (Wildman–Crippen LogP) is 1.98. The summed E-state index contributed by atoms with van der Waals surface area (Å²) in [6.45, 7) is 1.02. The third kappa shape index (κ3) is 3.72. The number of esters is 1. The molecule has 2 aliphatic rings. The molecule has 1 saturated heterocycles. The van der Waals surface area contributed by atoms with Gasteiger partial charge in [-0.3, -0.25) is 19.3 Å². The largest absolute Gasteiger partial charge is 0.497 e. The van der Waals surface area contributed by atoms with E-state index in [9.17, 15) is 19.2 Å². The molecule has 1 aliphatic carbocycles. The third-order valence-electron chi connectivity index (χ3n) is 5.36. The second kappa shape index (κ2) is 7.90. The molecule has 0 radical (unpaired) electrons. The first-order valence-corrected chi connectivity index (χ1v) is 9.15. The van der Waals surface area contributed by atoms with Gasteiger partial charge in [-0.1, -0.05) is 12.8 Å². The first-order valence-electron chi connectivity index (χ1n) is 9.15. The normalized spacial score (nSPS) is 23.0. The second-order valence-electron chi connectivity index (χ2n) is 6.98. The Hall–Kier alpha value is -2.70. The maximum atomic E-state index is 12.5. The summed E-state index contributed by atoms with van der Waals surface area (Å²) in [5, 5.41) is 0. The highest BCUT2D eigenvalue weighted by atomic mass is 16.5. The minimum Gasteiger partial charge on any atom is -0.497 e. The van der Waals surface area contributed by atoms with Crippen LogP contribution < -0.4 is 4.74 Å². The van der Waals surface area contributed by atoms with E-state index in [-0.39, 0.29) is 29.4 Å². The van der Waals surface area contributed by atoms with Crippen LogP contribution in [0, 0.1) is 11.8 Å². The lowest BCUT2D eigenvalue weighted by Gasteiger charge is -2.21. The first-order chi connectivity index (χ1) is 12.9. The number of ether oxygens (including phenoxy) is 2. The summed E-state index contributed by atoms with van der Waals surface area (Å²) < 4.78 is 10.1. The topological polar surface area (TPSA) is 90.0 Å². The number of hydrogen-bond acceptors (Lipinski definition) is 6. The van der Waals surface area contributed by atoms with Gasteiger partial charge in [0.05, 0.1) is 18.9 Å². The molecule has 144 valence electrons. The lowest BCUT2D eigenvalue weighted by Crippen LogP contribution is -2.44. The summed E-state index contributed by atoms with van der Waals surface area (Å²) in [7, 11) is 1.52. The molecule has 2 amide bonds. The van der Waals surface area contributed by atoms with E-state index in [1.807, 2.05) is 0 Å². The van der Waals surface area contributed by atoms with E-state index < -0.39 is 18.6 Å². The standard InChI is InChI=1S/C20H23NO6/c1-12(21-18(23)15-5-3-4-6-16(15)19(21)24)20(25)27-11-17(22)13-7-9-14(26-2)10-8-13/h7-10,12,15-16H,3-6,11H2,1-2H3/t12-,15-,16+/m0/s1. The molecule has 7 heteroatoms. The number of imide groups is 1. The summed E-state index contributed by atoms with van der Waals surface area (Å²) in [6.07, 6.45) is 3.21. The Kier molecular flexibility index (Phi) is 5.58. The Bertz CT molecular complexity index is 732. The van der Waals surface area contributed by atoms with Crippen molar-refractivity contribution in [1.82, 2.24) is 4.90 Å². The molecular weight excluding hydrogens is 350 g/mol. The van der Waals surface area contributed by atoms with E-state index in [1.165, 1.54) is 14.0 Å². The Morgan fingerprint density at radius 1 is 1.07 bits per heavy atom. The van der Waals surface area contributed by atoms with E-state index in [0.29, 0.717) is 24.2 Å². The van der Waals surface area contributed by atoms with Crippen LogP contribution in [0.4, 0.5) is 0 Å². The number of likely N-dealkylation sites (tertiary alicyclic amines) is 1. The number of carbonyl (C=O) groups is 4. The van der Waals surface area contributed by atoms with Crippen molar-refractivity contribution in [2.45, 2.75) is 38.6 Å². The van der Waals surface area contributed by atoms with Crippen LogP contribution >= 0.6 is 0 Å². The zero-order valence-electron chi connectivity index (χ0n) is 15.5. The van der Waals surface area contributed by atoms with Crippen molar-refractivity contribution >= 4 is 23.6 Å². The van der Waals surface area contributed by atoms with Crippen LogP contribution in [0.3, 0.4) is 0 Å². The molecule has 0 aromatic heterocycles. The monoisotopic (exact) mass is 373 g/mol. The Morgan fingerprint density at radius 3 is 2.15 bits per heavy atom. The van der Waals surface area contributed by atoms with Crippen LogP contribution in [-0.4, -0.2) is 48.2 Å². The lowest BCUT2D eigenvalue weighted by molar-refractivity contribution is -0.157. The summed E-state index contributed by atoms with van der Waals surface area (Å²) in [6, 6.07) is 5.41. The number of rotatable bonds is 6. The molecule has 1 aromatic carbocycles. The number of hydrogen-bond donors (Lipinski definition) is 0. The molecule has 0 bridgehead atoms. The predicted molar refractivity (Wildman–Crippen MR) is 95.0 cm³/mol. The van der Waals surface area contributed by atoms with Gasteiger partial charge in [0.1, 0.15) is 11.8 Å². The molecule has 3 rings (SSSR count). The molecule has 1 aromatic rings. The van der Waals surface area contributed by atoms with Crippen molar-refractivity contribution in [3.05, 3.63) is 29.8 Å². The van der Waals surface area contributed by atoms with Crippen molar-refractivity contribution in [3.63, 3.8) is 0 Å². The Balaban J connectivity index is 1.59. The minimum atomic E-state index is -1.03. The number of nitrogens with zero attached hydrogens (tertiary/aromatic N) is 1. The number of carbonyl (C=O) groups excluding carboxylic acids is 4. The van der Waals surface area contributed by atoms with Crippen LogP contribution in [0.2, 0.25) is 0 Å². The van der Waals surface area contributed by atoms with Gasteiger partial charge in [-0.15, -0.1) is 0 Å². The van der Waals surface area contributed by atoms with Gasteiger partial charge < -0.3 is 9.47 Å². The molecule has 27 heavy (non-hydrogen) atoms. The molecule has 1 saturated carbocycles. The fourth-order valence-corrected chi connectivity index (χ4v) is 3.79. The second-order valence-corrected chi connectivity index (χ2v) is 6.98. The van der Waals surface area contributed by atoms with Crippen LogP contribution in [0.15, 0.2) is 24.3 Å². The summed E-state index contributed by atoms with van der Waals surface area (Å²) in [5.41, 5.74) is 0.385. The molecule has 0 N–H and O–H groups in total. The van der Waals surface area contributed by atoms with E-state index >= 15 is 0 Å². The molecular formula is C20H23NO6. The van der Waals surface area contributed by atoms with Crippen LogP contribution in [0.1, 0.15) is 43.0 Å². The number of benzene rings is 1. The SMILES string of the molecule is COc1ccc(C(=O)COC(=O)[C@H](C)N2C(=O)[C@H]3CCCC[C@H]3C2=O)cc1. The van der Waals surface area contributed by atoms with Gasteiger partial charge in [0.15, 0.2) is 12.4 Å². The van der Waals surface area contributed by atoms with Gasteiger partial charge in [-0.25, -0.2) is 4.79 Å². The summed E-state index contributed by atoms with van der Waals surface area (Å²) in [5.74, 6) is -1.73. The van der Waals surface area contributed by atoms with Crippen molar-refractivity contribution in [2.75, 3.05) is 13.7 Å². The average molecular weight is 373 g/mol. The molecule has 1 aliphatic heterocycles. The number of fused-ring (bicyclic) bond motifs is 1. The van der Waals surface area contributed by atoms with Crippen molar-refractivity contribution < 1.29 is 28.7 Å². The fraction of sp³-hybridized carbons (Fsp3) is 0.500. The quantitative estimate of drug-likeness (QED) is 0.430. The fourth-order valence-electron chi connectivity index (χ4n) is 3.79. The lowest BCUT2D eigenvalue weighted by atomic mass is 9.81. The molecule has 3 atom stereocenters. The first kappa shape index (κ1) is 19.1. The maximum Gasteiger partial charge on any atom is 0.329 e. The number of methoxy groups -OCH3 is 1.